The second kappa shape index (κ2) is 8.41. The molecule has 0 spiro atoms. The molecule has 4 rings (SSSR count). The minimum Gasteiger partial charge on any atom is -0.486 e. The number of rotatable bonds is 3. The van der Waals surface area contributed by atoms with Gasteiger partial charge in [0.05, 0.1) is 4.90 Å². The molecule has 0 radical (unpaired) electrons. The van der Waals surface area contributed by atoms with Gasteiger partial charge in [0.15, 0.2) is 11.5 Å². The van der Waals surface area contributed by atoms with Crippen LogP contribution in [0.5, 0.6) is 11.5 Å². The van der Waals surface area contributed by atoms with Gasteiger partial charge < -0.3 is 14.4 Å². The summed E-state index contributed by atoms with van der Waals surface area (Å²) in [7, 11) is -3.65. The fraction of sp³-hybridized carbons (Fsp3) is 0.458. The number of carbonyl (C=O) groups excluding carboxylic acids is 1. The molecule has 2 aromatic carbocycles. The summed E-state index contributed by atoms with van der Waals surface area (Å²) in [5.74, 6) is 1.07. The summed E-state index contributed by atoms with van der Waals surface area (Å²) < 4.78 is 39.7. The maximum absolute atomic E-state index is 13.5. The van der Waals surface area contributed by atoms with Crippen molar-refractivity contribution in [3.05, 3.63) is 51.6 Å². The van der Waals surface area contributed by atoms with Gasteiger partial charge in [-0.15, -0.1) is 0 Å². The van der Waals surface area contributed by atoms with Gasteiger partial charge in [-0.1, -0.05) is 0 Å². The highest BCUT2D eigenvalue weighted by molar-refractivity contribution is 7.89. The predicted octanol–water partition coefficient (Wildman–Crippen LogP) is 3.15. The lowest BCUT2D eigenvalue weighted by Gasteiger charge is -2.35. The Balaban J connectivity index is 1.52. The summed E-state index contributed by atoms with van der Waals surface area (Å²) in [4.78, 5) is 15.1. The van der Waals surface area contributed by atoms with E-state index in [1.165, 1.54) is 4.31 Å². The number of sulfonamides is 1. The van der Waals surface area contributed by atoms with Crippen LogP contribution < -0.4 is 9.47 Å². The Bertz CT molecular complexity index is 1150. The smallest absolute Gasteiger partial charge is 0.254 e. The first-order chi connectivity index (χ1) is 15.1. The van der Waals surface area contributed by atoms with E-state index in [1.807, 2.05) is 34.6 Å². The van der Waals surface area contributed by atoms with Gasteiger partial charge in [0.25, 0.3) is 5.91 Å². The number of hydrogen-bond acceptors (Lipinski definition) is 5. The third-order valence-corrected chi connectivity index (χ3v) is 9.02. The van der Waals surface area contributed by atoms with Crippen molar-refractivity contribution >= 4 is 15.9 Å². The normalized spacial score (nSPS) is 16.8. The summed E-state index contributed by atoms with van der Waals surface area (Å²) in [6.07, 6.45) is 0. The van der Waals surface area contributed by atoms with Gasteiger partial charge in [-0.05, 0) is 80.6 Å². The lowest BCUT2D eigenvalue weighted by molar-refractivity contribution is 0.0696. The highest BCUT2D eigenvalue weighted by atomic mass is 32.2. The lowest BCUT2D eigenvalue weighted by atomic mass is 9.95. The summed E-state index contributed by atoms with van der Waals surface area (Å²) in [5.41, 5.74) is 5.29. The van der Waals surface area contributed by atoms with Crippen LogP contribution in [-0.2, 0) is 10.0 Å². The monoisotopic (exact) mass is 458 g/mol. The molecule has 32 heavy (non-hydrogen) atoms. The molecular formula is C24H30N2O5S. The number of carbonyl (C=O) groups is 1. The molecule has 0 unspecified atom stereocenters. The maximum atomic E-state index is 13.5. The van der Waals surface area contributed by atoms with Crippen LogP contribution in [0, 0.1) is 34.6 Å². The Kier molecular flexibility index (Phi) is 5.94. The Morgan fingerprint density at radius 1 is 0.781 bits per heavy atom. The van der Waals surface area contributed by atoms with Crippen LogP contribution in [0.4, 0.5) is 0 Å². The molecule has 2 heterocycles. The van der Waals surface area contributed by atoms with Crippen LogP contribution in [-0.4, -0.2) is 62.9 Å². The van der Waals surface area contributed by atoms with Crippen molar-refractivity contribution in [1.82, 2.24) is 9.21 Å². The molecule has 1 saturated heterocycles. The lowest BCUT2D eigenvalue weighted by Crippen LogP contribution is -2.50. The second-order valence-electron chi connectivity index (χ2n) is 8.51. The molecule has 0 saturated carbocycles. The van der Waals surface area contributed by atoms with Gasteiger partial charge in [-0.25, -0.2) is 8.42 Å². The van der Waals surface area contributed by atoms with Crippen molar-refractivity contribution in [2.24, 2.45) is 0 Å². The topological polar surface area (TPSA) is 76.2 Å². The zero-order valence-electron chi connectivity index (χ0n) is 19.3. The predicted molar refractivity (Wildman–Crippen MR) is 122 cm³/mol. The molecule has 7 nitrogen and oxygen atoms in total. The maximum Gasteiger partial charge on any atom is 0.254 e. The van der Waals surface area contributed by atoms with E-state index in [1.54, 1.807) is 23.1 Å². The number of nitrogens with zero attached hydrogens (tertiary/aromatic N) is 2. The Morgan fingerprint density at radius 3 is 1.91 bits per heavy atom. The number of amides is 1. The molecule has 0 atom stereocenters. The summed E-state index contributed by atoms with van der Waals surface area (Å²) in [6, 6.07) is 5.17. The summed E-state index contributed by atoms with van der Waals surface area (Å²) >= 11 is 0. The minimum atomic E-state index is -3.65. The van der Waals surface area contributed by atoms with Gasteiger partial charge >= 0.3 is 0 Å². The van der Waals surface area contributed by atoms with E-state index >= 15 is 0 Å². The zero-order chi connectivity index (χ0) is 23.2. The van der Waals surface area contributed by atoms with Crippen LogP contribution >= 0.6 is 0 Å². The SMILES string of the molecule is Cc1c(C)c(C)c(S(=O)(=O)N2CCN(C(=O)c3ccc4c(c3)OCCO4)CC2)c(C)c1C. The molecule has 1 fully saturated rings. The zero-order valence-corrected chi connectivity index (χ0v) is 20.1. The van der Waals surface area contributed by atoms with Crippen LogP contribution in [0.1, 0.15) is 38.2 Å². The molecule has 2 aliphatic rings. The number of benzene rings is 2. The minimum absolute atomic E-state index is 0.131. The summed E-state index contributed by atoms with van der Waals surface area (Å²) in [6.45, 7) is 11.9. The molecule has 2 aromatic rings. The highest BCUT2D eigenvalue weighted by Crippen LogP contribution is 2.33. The molecular weight excluding hydrogens is 428 g/mol. The fourth-order valence-corrected chi connectivity index (χ4v) is 6.45. The van der Waals surface area contributed by atoms with E-state index in [-0.39, 0.29) is 19.0 Å². The van der Waals surface area contributed by atoms with Gasteiger partial charge in [-0.2, -0.15) is 4.31 Å². The average molecular weight is 459 g/mol. The molecule has 172 valence electrons. The molecule has 0 N–H and O–H groups in total. The average Bonchev–Trinajstić information content (AvgIpc) is 2.80. The van der Waals surface area contributed by atoms with Crippen LogP contribution in [0.15, 0.2) is 23.1 Å². The van der Waals surface area contributed by atoms with Crippen molar-refractivity contribution in [2.45, 2.75) is 39.5 Å². The molecule has 0 aliphatic carbocycles. The van der Waals surface area contributed by atoms with Crippen LogP contribution in [0.3, 0.4) is 0 Å². The van der Waals surface area contributed by atoms with Crippen molar-refractivity contribution < 1.29 is 22.7 Å². The van der Waals surface area contributed by atoms with Crippen LogP contribution in [0.25, 0.3) is 0 Å². The van der Waals surface area contributed by atoms with Crippen LogP contribution in [0.2, 0.25) is 0 Å². The van der Waals surface area contributed by atoms with Crippen molar-refractivity contribution in [3.63, 3.8) is 0 Å². The standard InChI is InChI=1S/C24H30N2O5S/c1-15-16(2)18(4)23(19(5)17(15)3)32(28,29)26-10-8-25(9-11-26)24(27)20-6-7-21-22(14-20)31-13-12-30-21/h6-7,14H,8-13H2,1-5H3. The molecule has 2 aliphatic heterocycles. The van der Waals surface area contributed by atoms with Gasteiger partial charge in [0.1, 0.15) is 13.2 Å². The molecule has 8 heteroatoms. The van der Waals surface area contributed by atoms with E-state index in [9.17, 15) is 13.2 Å². The molecule has 1 amide bonds. The third-order valence-electron chi connectivity index (χ3n) is 6.84. The molecule has 0 bridgehead atoms. The summed E-state index contributed by atoms with van der Waals surface area (Å²) in [5, 5.41) is 0. The molecule has 0 aromatic heterocycles. The Morgan fingerprint density at radius 2 is 1.31 bits per heavy atom. The fourth-order valence-electron chi connectivity index (χ4n) is 4.47. The highest BCUT2D eigenvalue weighted by Gasteiger charge is 2.33. The van der Waals surface area contributed by atoms with Gasteiger partial charge in [-0.3, -0.25) is 4.79 Å². The number of piperazine rings is 1. The van der Waals surface area contributed by atoms with Gasteiger partial charge in [0.2, 0.25) is 10.0 Å². The van der Waals surface area contributed by atoms with Crippen molar-refractivity contribution in [3.8, 4) is 11.5 Å². The first kappa shape index (κ1) is 22.6. The van der Waals surface area contributed by atoms with Crippen molar-refractivity contribution in [1.29, 1.82) is 0 Å². The van der Waals surface area contributed by atoms with E-state index in [4.69, 9.17) is 9.47 Å². The van der Waals surface area contributed by atoms with E-state index in [0.29, 0.717) is 48.3 Å². The third kappa shape index (κ3) is 3.75. The largest absolute Gasteiger partial charge is 0.486 e. The van der Waals surface area contributed by atoms with E-state index in [2.05, 4.69) is 0 Å². The first-order valence-corrected chi connectivity index (χ1v) is 12.3. The number of hydrogen-bond donors (Lipinski definition) is 0. The second-order valence-corrected chi connectivity index (χ2v) is 10.4. The first-order valence-electron chi connectivity index (χ1n) is 10.9. The number of ether oxygens (including phenoxy) is 2. The Labute approximate surface area is 190 Å². The van der Waals surface area contributed by atoms with Gasteiger partial charge in [0, 0.05) is 31.7 Å². The Hall–Kier alpha value is -2.58. The van der Waals surface area contributed by atoms with Crippen molar-refractivity contribution in [2.75, 3.05) is 39.4 Å². The van der Waals surface area contributed by atoms with E-state index in [0.717, 1.165) is 27.8 Å². The number of fused-ring (bicyclic) bond motifs is 1. The van der Waals surface area contributed by atoms with E-state index < -0.39 is 10.0 Å². The quantitative estimate of drug-likeness (QED) is 0.706.